The molecule has 5 heteroatoms. The van der Waals surface area contributed by atoms with E-state index >= 15 is 0 Å². The highest BCUT2D eigenvalue weighted by molar-refractivity contribution is 4.94. The molecule has 3 rings (SSSR count). The third-order valence-corrected chi connectivity index (χ3v) is 3.90. The van der Waals surface area contributed by atoms with E-state index in [-0.39, 0.29) is 22.5 Å². The molecule has 3 aliphatic rings. The molecule has 2 saturated carbocycles. The normalized spacial score (nSPS) is 59.5. The summed E-state index contributed by atoms with van der Waals surface area (Å²) in [5, 5.41) is 22.2. The minimum atomic E-state index is -0.246. The van der Waals surface area contributed by atoms with Gasteiger partial charge in [-0.05, 0) is 24.2 Å². The van der Waals surface area contributed by atoms with Crippen molar-refractivity contribution in [3.05, 3.63) is 10.4 Å². The van der Waals surface area contributed by atoms with Crippen molar-refractivity contribution < 1.29 is 15.4 Å². The summed E-state index contributed by atoms with van der Waals surface area (Å²) in [6, 6.07) is -0.139. The van der Waals surface area contributed by atoms with Crippen molar-refractivity contribution in [2.45, 2.75) is 37.8 Å². The Balaban J connectivity index is 1.91. The lowest BCUT2D eigenvalue weighted by Gasteiger charge is -2.24. The van der Waals surface area contributed by atoms with Crippen LogP contribution in [0, 0.1) is 22.3 Å². The van der Waals surface area contributed by atoms with Gasteiger partial charge in [-0.25, -0.2) is 0 Å². The van der Waals surface area contributed by atoms with Gasteiger partial charge in [0.1, 0.15) is 0 Å². The lowest BCUT2D eigenvalue weighted by molar-refractivity contribution is -1.28. The first-order valence-electron chi connectivity index (χ1n) is 5.03. The second-order valence-electron chi connectivity index (χ2n) is 4.48. The summed E-state index contributed by atoms with van der Waals surface area (Å²) in [6.07, 6.45) is 4.49. The molecule has 2 aliphatic carbocycles. The molecule has 13 heavy (non-hydrogen) atoms. The van der Waals surface area contributed by atoms with Crippen LogP contribution in [0.3, 0.4) is 0 Å². The largest absolute Gasteiger partial charge is 0.595 e. The first-order chi connectivity index (χ1) is 6.27. The molecule has 1 aliphatic heterocycles. The Labute approximate surface area is 76.3 Å². The number of rotatable bonds is 0. The minimum Gasteiger partial charge on any atom is -0.595 e. The second-order valence-corrected chi connectivity index (χ2v) is 4.48. The van der Waals surface area contributed by atoms with Crippen molar-refractivity contribution in [1.82, 2.24) is 0 Å². The Bertz CT molecular complexity index is 205. The number of hydroxylamine groups is 4. The Kier molecular flexibility index (Phi) is 1.66. The van der Waals surface area contributed by atoms with Crippen molar-refractivity contribution in [1.29, 1.82) is 0 Å². The van der Waals surface area contributed by atoms with E-state index in [1.165, 1.54) is 6.42 Å². The molecule has 0 aromatic carbocycles. The van der Waals surface area contributed by atoms with Crippen molar-refractivity contribution in [2.24, 2.45) is 11.8 Å². The fourth-order valence-corrected chi connectivity index (χ4v) is 3.42. The van der Waals surface area contributed by atoms with E-state index in [1.807, 2.05) is 0 Å². The first kappa shape index (κ1) is 8.14. The average Bonchev–Trinajstić information content (AvgIpc) is 2.53. The molecule has 0 aromatic rings. The summed E-state index contributed by atoms with van der Waals surface area (Å²) in [5.74, 6) is 0.894. The Morgan fingerprint density at radius 1 is 1.00 bits per heavy atom. The maximum absolute atomic E-state index is 11.4. The van der Waals surface area contributed by atoms with E-state index in [0.29, 0.717) is 11.8 Å². The van der Waals surface area contributed by atoms with E-state index < -0.39 is 0 Å². The fraction of sp³-hybridized carbons (Fsp3) is 1.00. The van der Waals surface area contributed by atoms with E-state index in [1.54, 1.807) is 0 Å². The molecular weight excluding hydrogens is 172 g/mol. The number of nitrogens with one attached hydrogen (secondary N) is 2. The summed E-state index contributed by atoms with van der Waals surface area (Å²) in [4.78, 5) is 4.69. The summed E-state index contributed by atoms with van der Waals surface area (Å²) in [5.41, 5.74) is 0. The highest BCUT2D eigenvalue weighted by Gasteiger charge is 2.59. The zero-order chi connectivity index (χ0) is 9.00. The maximum Gasteiger partial charge on any atom is 0.180 e. The van der Waals surface area contributed by atoms with Gasteiger partial charge in [0, 0.05) is 11.8 Å². The van der Waals surface area contributed by atoms with Crippen LogP contribution in [0.4, 0.5) is 0 Å². The molecule has 0 radical (unpaired) electrons. The number of hydrogen-bond acceptors (Lipinski definition) is 3. The van der Waals surface area contributed by atoms with Crippen LogP contribution in [-0.4, -0.2) is 12.1 Å². The Hall–Kier alpha value is -0.200. The Morgan fingerprint density at radius 2 is 1.54 bits per heavy atom. The van der Waals surface area contributed by atoms with Gasteiger partial charge in [0.2, 0.25) is 0 Å². The highest BCUT2D eigenvalue weighted by atomic mass is 17.1. The fourth-order valence-electron chi connectivity index (χ4n) is 3.42. The molecule has 5 nitrogen and oxygen atoms in total. The topological polar surface area (TPSA) is 64.2 Å². The smallest absolute Gasteiger partial charge is 0.180 e. The minimum absolute atomic E-state index is 0.0694. The van der Waals surface area contributed by atoms with Crippen molar-refractivity contribution >= 4 is 0 Å². The number of fused-ring (bicyclic) bond motifs is 5. The van der Waals surface area contributed by atoms with Crippen LogP contribution >= 0.6 is 0 Å². The van der Waals surface area contributed by atoms with Gasteiger partial charge in [-0.1, -0.05) is 6.42 Å². The lowest BCUT2D eigenvalue weighted by atomic mass is 9.88. The standard InChI is InChI=1S/C8H14N2O3/c11-9-7-5-2-1-3-6(4-5)8(7)10(12)13-9/h5-10H,1-4H2. The molecule has 3 fully saturated rings. The zero-order valence-electron chi connectivity index (χ0n) is 7.36. The van der Waals surface area contributed by atoms with Gasteiger partial charge in [-0.15, -0.1) is 0 Å². The maximum atomic E-state index is 11.4. The van der Waals surface area contributed by atoms with E-state index in [2.05, 4.69) is 4.94 Å². The predicted molar refractivity (Wildman–Crippen MR) is 42.8 cm³/mol. The summed E-state index contributed by atoms with van der Waals surface area (Å²) >= 11 is 0. The van der Waals surface area contributed by atoms with Gasteiger partial charge in [-0.2, -0.15) is 10.5 Å². The van der Waals surface area contributed by atoms with Crippen LogP contribution in [0.25, 0.3) is 0 Å². The molecule has 0 spiro atoms. The zero-order valence-corrected chi connectivity index (χ0v) is 7.36. The quantitative estimate of drug-likeness (QED) is 0.437. The van der Waals surface area contributed by atoms with Gasteiger partial charge in [0.25, 0.3) is 0 Å². The van der Waals surface area contributed by atoms with Crippen LogP contribution < -0.4 is 10.5 Å². The lowest BCUT2D eigenvalue weighted by Crippen LogP contribution is -3.18. The van der Waals surface area contributed by atoms with Gasteiger partial charge >= 0.3 is 0 Å². The highest BCUT2D eigenvalue weighted by Crippen LogP contribution is 2.40. The molecule has 74 valence electrons. The number of quaternary nitrogens is 2. The monoisotopic (exact) mass is 186 g/mol. The van der Waals surface area contributed by atoms with E-state index in [9.17, 15) is 10.4 Å². The molecular formula is C8H14N2O3. The van der Waals surface area contributed by atoms with Crippen molar-refractivity contribution in [3.63, 3.8) is 0 Å². The molecule has 1 heterocycles. The van der Waals surface area contributed by atoms with Gasteiger partial charge in [0.15, 0.2) is 12.1 Å². The van der Waals surface area contributed by atoms with Gasteiger partial charge < -0.3 is 10.4 Å². The molecule has 2 N–H and O–H groups in total. The van der Waals surface area contributed by atoms with Crippen LogP contribution in [0.1, 0.15) is 25.7 Å². The van der Waals surface area contributed by atoms with Gasteiger partial charge in [0.05, 0.1) is 0 Å². The van der Waals surface area contributed by atoms with Crippen LogP contribution in [-0.2, 0) is 4.94 Å². The van der Waals surface area contributed by atoms with Crippen LogP contribution in [0.2, 0.25) is 0 Å². The third-order valence-electron chi connectivity index (χ3n) is 3.90. The van der Waals surface area contributed by atoms with Crippen LogP contribution in [0.15, 0.2) is 0 Å². The molecule has 6 atom stereocenters. The molecule has 0 aromatic heterocycles. The SMILES string of the molecule is [O-][NH+]1O[NH+]([O-])C2C3CCCC(C3)C21. The third kappa shape index (κ3) is 0.992. The van der Waals surface area contributed by atoms with Crippen LogP contribution in [0.5, 0.6) is 0 Å². The second kappa shape index (κ2) is 2.65. The van der Waals surface area contributed by atoms with E-state index in [4.69, 9.17) is 0 Å². The average molecular weight is 186 g/mol. The first-order valence-corrected chi connectivity index (χ1v) is 5.03. The van der Waals surface area contributed by atoms with E-state index in [0.717, 1.165) is 19.3 Å². The summed E-state index contributed by atoms with van der Waals surface area (Å²) < 4.78 is 0. The van der Waals surface area contributed by atoms with Crippen molar-refractivity contribution in [3.8, 4) is 0 Å². The Morgan fingerprint density at radius 3 is 2.08 bits per heavy atom. The van der Waals surface area contributed by atoms with Gasteiger partial charge in [-0.3, -0.25) is 0 Å². The summed E-state index contributed by atoms with van der Waals surface area (Å²) in [7, 11) is 0. The summed E-state index contributed by atoms with van der Waals surface area (Å²) in [6.45, 7) is 0. The van der Waals surface area contributed by atoms with Crippen molar-refractivity contribution in [2.75, 3.05) is 0 Å². The molecule has 2 bridgehead atoms. The molecule has 1 saturated heterocycles. The molecule has 6 unspecified atom stereocenters. The molecule has 0 amide bonds. The predicted octanol–water partition coefficient (Wildman–Crippen LogP) is -1.83. The number of hydrogen-bond donors (Lipinski definition) is 2.